The minimum absolute atomic E-state index is 0.382. The Morgan fingerprint density at radius 1 is 1.00 bits per heavy atom. The second-order valence-electron chi connectivity index (χ2n) is 7.70. The quantitative estimate of drug-likeness (QED) is 0.676. The van der Waals surface area contributed by atoms with Gasteiger partial charge >= 0.3 is 6.18 Å². The van der Waals surface area contributed by atoms with Crippen molar-refractivity contribution in [2.24, 2.45) is 5.92 Å². The summed E-state index contributed by atoms with van der Waals surface area (Å²) >= 11 is 0. The first kappa shape index (κ1) is 19.9. The normalized spacial score (nSPS) is 33.6. The summed E-state index contributed by atoms with van der Waals surface area (Å²) in [5.41, 5.74) is -0.445. The van der Waals surface area contributed by atoms with E-state index >= 15 is 0 Å². The van der Waals surface area contributed by atoms with Crippen molar-refractivity contribution in [3.8, 4) is 0 Å². The number of alkyl halides is 3. The molecule has 2 rings (SSSR count). The average molecular weight is 350 g/mol. The third-order valence-electron chi connectivity index (χ3n) is 5.60. The van der Waals surface area contributed by atoms with Gasteiger partial charge in [-0.3, -0.25) is 4.90 Å². The van der Waals surface area contributed by atoms with E-state index in [4.69, 9.17) is 0 Å². The number of fused-ring (bicyclic) bond motifs is 2. The van der Waals surface area contributed by atoms with Crippen molar-refractivity contribution in [1.82, 2.24) is 20.9 Å². The summed E-state index contributed by atoms with van der Waals surface area (Å²) < 4.78 is 39.4. The second-order valence-corrected chi connectivity index (χ2v) is 7.70. The van der Waals surface area contributed by atoms with Gasteiger partial charge in [-0.05, 0) is 52.1 Å². The maximum Gasteiger partial charge on any atom is 0.389 e. The monoisotopic (exact) mass is 350 g/mol. The van der Waals surface area contributed by atoms with E-state index in [1.807, 2.05) is 13.8 Å². The SMILES string of the molecule is CC1(C)C(CC(F)(F)F)CCNCCNCCNC2CCCN1C2. The summed E-state index contributed by atoms with van der Waals surface area (Å²) in [6.07, 6.45) is -2.10. The van der Waals surface area contributed by atoms with E-state index in [1.54, 1.807) is 0 Å². The van der Waals surface area contributed by atoms with E-state index in [9.17, 15) is 13.2 Å². The van der Waals surface area contributed by atoms with Crippen molar-refractivity contribution < 1.29 is 13.2 Å². The van der Waals surface area contributed by atoms with E-state index in [0.717, 1.165) is 52.1 Å². The zero-order valence-electron chi connectivity index (χ0n) is 15.0. The lowest BCUT2D eigenvalue weighted by atomic mass is 9.79. The van der Waals surface area contributed by atoms with Crippen LogP contribution in [0.25, 0.3) is 0 Å². The number of hydrogen-bond acceptors (Lipinski definition) is 4. The summed E-state index contributed by atoms with van der Waals surface area (Å²) in [6.45, 7) is 9.86. The van der Waals surface area contributed by atoms with Gasteiger partial charge in [-0.25, -0.2) is 0 Å². The molecular weight excluding hydrogens is 317 g/mol. The van der Waals surface area contributed by atoms with Crippen LogP contribution in [-0.4, -0.2) is 68.5 Å². The third kappa shape index (κ3) is 6.17. The molecule has 3 unspecified atom stereocenters. The molecule has 3 N–H and O–H groups in total. The highest BCUT2D eigenvalue weighted by atomic mass is 19.4. The molecule has 0 amide bonds. The fraction of sp³-hybridized carbons (Fsp3) is 1.00. The standard InChI is InChI=1S/C17H33F3N4/c1-16(2)14(12-17(18,19)20)5-6-21-7-8-22-9-10-23-15-4-3-11-24(16)13-15/h14-15,21-23H,3-13H2,1-2H3. The van der Waals surface area contributed by atoms with E-state index in [0.29, 0.717) is 19.0 Å². The van der Waals surface area contributed by atoms with Gasteiger partial charge in [0.1, 0.15) is 0 Å². The molecule has 0 aromatic rings. The Balaban J connectivity index is 2.10. The van der Waals surface area contributed by atoms with Crippen LogP contribution in [0.15, 0.2) is 0 Å². The highest BCUT2D eigenvalue weighted by Gasteiger charge is 2.43. The van der Waals surface area contributed by atoms with Crippen LogP contribution in [-0.2, 0) is 0 Å². The molecule has 0 spiro atoms. The van der Waals surface area contributed by atoms with Crippen LogP contribution in [0.4, 0.5) is 13.2 Å². The smallest absolute Gasteiger partial charge is 0.315 e. The van der Waals surface area contributed by atoms with Crippen molar-refractivity contribution in [1.29, 1.82) is 0 Å². The van der Waals surface area contributed by atoms with Crippen LogP contribution in [0.1, 0.15) is 39.5 Å². The van der Waals surface area contributed by atoms with Crippen molar-refractivity contribution in [2.45, 2.75) is 57.3 Å². The lowest BCUT2D eigenvalue weighted by Crippen LogP contribution is -2.58. The Labute approximate surface area is 143 Å². The van der Waals surface area contributed by atoms with Gasteiger partial charge in [0.05, 0.1) is 0 Å². The Hall–Kier alpha value is -0.370. The Morgan fingerprint density at radius 3 is 2.38 bits per heavy atom. The van der Waals surface area contributed by atoms with Gasteiger partial charge in [-0.15, -0.1) is 0 Å². The molecule has 7 heteroatoms. The summed E-state index contributed by atoms with van der Waals surface area (Å²) in [5.74, 6) is -0.389. The molecule has 2 aliphatic rings. The molecule has 2 bridgehead atoms. The average Bonchev–Trinajstić information content (AvgIpc) is 2.50. The fourth-order valence-corrected chi connectivity index (χ4v) is 3.98. The zero-order valence-corrected chi connectivity index (χ0v) is 15.0. The van der Waals surface area contributed by atoms with Crippen LogP contribution in [0.3, 0.4) is 0 Å². The summed E-state index contributed by atoms with van der Waals surface area (Å²) in [6, 6.07) is 0.382. The van der Waals surface area contributed by atoms with Crippen LogP contribution >= 0.6 is 0 Å². The number of nitrogens with one attached hydrogen (secondary N) is 3. The van der Waals surface area contributed by atoms with Crippen LogP contribution < -0.4 is 16.0 Å². The minimum atomic E-state index is -4.11. The number of rotatable bonds is 1. The van der Waals surface area contributed by atoms with Gasteiger partial charge in [0.25, 0.3) is 0 Å². The Bertz CT molecular complexity index is 373. The van der Waals surface area contributed by atoms with Crippen molar-refractivity contribution in [2.75, 3.05) is 45.8 Å². The third-order valence-corrected chi connectivity index (χ3v) is 5.60. The van der Waals surface area contributed by atoms with E-state index in [1.165, 1.54) is 0 Å². The van der Waals surface area contributed by atoms with Crippen LogP contribution in [0.2, 0.25) is 0 Å². The molecule has 0 saturated carbocycles. The van der Waals surface area contributed by atoms with Crippen molar-refractivity contribution in [3.05, 3.63) is 0 Å². The molecule has 0 aromatic carbocycles. The zero-order chi connectivity index (χ0) is 17.6. The molecule has 3 atom stereocenters. The minimum Gasteiger partial charge on any atom is -0.315 e. The highest BCUT2D eigenvalue weighted by molar-refractivity contribution is 4.94. The van der Waals surface area contributed by atoms with Crippen LogP contribution in [0.5, 0.6) is 0 Å². The number of piperidine rings is 1. The predicted octanol–water partition coefficient (Wildman–Crippen LogP) is 1.97. The Kier molecular flexibility index (Phi) is 7.34. The Morgan fingerprint density at radius 2 is 1.67 bits per heavy atom. The van der Waals surface area contributed by atoms with E-state index < -0.39 is 18.1 Å². The first-order valence-corrected chi connectivity index (χ1v) is 9.25. The first-order valence-electron chi connectivity index (χ1n) is 9.25. The molecule has 4 nitrogen and oxygen atoms in total. The van der Waals surface area contributed by atoms with Gasteiger partial charge in [0.15, 0.2) is 0 Å². The maximum atomic E-state index is 13.1. The summed E-state index contributed by atoms with van der Waals surface area (Å²) in [4.78, 5) is 2.28. The number of hydrogen-bond donors (Lipinski definition) is 3. The summed E-state index contributed by atoms with van der Waals surface area (Å²) in [5, 5.41) is 10.2. The lowest BCUT2D eigenvalue weighted by Gasteiger charge is -2.48. The number of halogens is 3. The van der Waals surface area contributed by atoms with Crippen molar-refractivity contribution >= 4 is 0 Å². The molecule has 0 aromatic heterocycles. The van der Waals surface area contributed by atoms with Crippen molar-refractivity contribution in [3.63, 3.8) is 0 Å². The molecule has 2 aliphatic heterocycles. The molecule has 2 heterocycles. The van der Waals surface area contributed by atoms with Gasteiger partial charge in [-0.1, -0.05) is 0 Å². The summed E-state index contributed by atoms with van der Waals surface area (Å²) in [7, 11) is 0. The fourth-order valence-electron chi connectivity index (χ4n) is 3.98. The van der Waals surface area contributed by atoms with Crippen LogP contribution in [0, 0.1) is 5.92 Å². The van der Waals surface area contributed by atoms with E-state index in [2.05, 4.69) is 20.9 Å². The maximum absolute atomic E-state index is 13.1. The second kappa shape index (κ2) is 8.83. The lowest BCUT2D eigenvalue weighted by molar-refractivity contribution is -0.157. The molecular formula is C17H33F3N4. The molecule has 24 heavy (non-hydrogen) atoms. The predicted molar refractivity (Wildman–Crippen MR) is 91.2 cm³/mol. The molecule has 2 fully saturated rings. The van der Waals surface area contributed by atoms with Gasteiger partial charge < -0.3 is 16.0 Å². The first-order chi connectivity index (χ1) is 11.3. The molecule has 2 saturated heterocycles. The van der Waals surface area contributed by atoms with Gasteiger partial charge in [-0.2, -0.15) is 13.2 Å². The molecule has 0 radical (unpaired) electrons. The van der Waals surface area contributed by atoms with Gasteiger partial charge in [0.2, 0.25) is 0 Å². The van der Waals surface area contributed by atoms with E-state index in [-0.39, 0.29) is 5.92 Å². The topological polar surface area (TPSA) is 39.3 Å². The number of nitrogens with zero attached hydrogens (tertiary/aromatic N) is 1. The largest absolute Gasteiger partial charge is 0.389 e. The highest BCUT2D eigenvalue weighted by Crippen LogP contribution is 2.37. The molecule has 0 aliphatic carbocycles. The molecule has 142 valence electrons. The van der Waals surface area contributed by atoms with Gasteiger partial charge in [0, 0.05) is 50.7 Å².